The molecule has 1 aliphatic rings. The average Bonchev–Trinajstić information content (AvgIpc) is 2.43. The van der Waals surface area contributed by atoms with Crippen LogP contribution in [0.15, 0.2) is 0 Å². The van der Waals surface area contributed by atoms with Crippen LogP contribution in [0.2, 0.25) is 0 Å². The van der Waals surface area contributed by atoms with Gasteiger partial charge in [-0.05, 0) is 17.8 Å². The van der Waals surface area contributed by atoms with E-state index >= 15 is 0 Å². The first-order valence-electron chi connectivity index (χ1n) is 8.91. The molecule has 1 rings (SSSR count). The number of hydrogen-bond acceptors (Lipinski definition) is 4. The molecule has 0 bridgehead atoms. The summed E-state index contributed by atoms with van der Waals surface area (Å²) in [4.78, 5) is 0. The summed E-state index contributed by atoms with van der Waals surface area (Å²) in [5.41, 5.74) is -0.0987. The lowest BCUT2D eigenvalue weighted by atomic mass is 9.70. The van der Waals surface area contributed by atoms with E-state index in [-0.39, 0.29) is 11.3 Å². The molecule has 22 heavy (non-hydrogen) atoms. The van der Waals surface area contributed by atoms with Gasteiger partial charge in [0.05, 0.1) is 12.7 Å². The van der Waals surface area contributed by atoms with Gasteiger partial charge >= 0.3 is 0 Å². The van der Waals surface area contributed by atoms with Crippen molar-refractivity contribution in [3.05, 3.63) is 0 Å². The fraction of sp³-hybridized carbons (Fsp3) is 1.00. The van der Waals surface area contributed by atoms with Crippen molar-refractivity contribution in [1.29, 1.82) is 0 Å². The fourth-order valence-electron chi connectivity index (χ4n) is 3.34. The molecule has 0 aromatic rings. The van der Waals surface area contributed by atoms with E-state index in [0.29, 0.717) is 6.61 Å². The molecule has 0 aromatic carbocycles. The molecule has 0 saturated carbocycles. The van der Waals surface area contributed by atoms with Gasteiger partial charge in [0.2, 0.25) is 0 Å². The molecule has 132 valence electrons. The molecule has 1 heterocycles. The Morgan fingerprint density at radius 2 is 1.55 bits per heavy atom. The van der Waals surface area contributed by atoms with Crippen molar-refractivity contribution < 1.29 is 20.1 Å². The molecule has 4 heteroatoms. The van der Waals surface area contributed by atoms with Gasteiger partial charge < -0.3 is 20.1 Å². The Morgan fingerprint density at radius 3 is 2.18 bits per heavy atom. The maximum Gasteiger partial charge on any atom is 0.183 e. The van der Waals surface area contributed by atoms with Crippen LogP contribution in [0.3, 0.4) is 0 Å². The Hall–Kier alpha value is -0.160. The molecule has 3 N–H and O–H groups in total. The Kier molecular flexibility index (Phi) is 8.33. The highest BCUT2D eigenvalue weighted by molar-refractivity contribution is 4.90. The van der Waals surface area contributed by atoms with E-state index in [9.17, 15) is 15.3 Å². The van der Waals surface area contributed by atoms with Crippen LogP contribution in [0.1, 0.15) is 72.6 Å². The molecule has 4 nitrogen and oxygen atoms in total. The van der Waals surface area contributed by atoms with Gasteiger partial charge in [0.1, 0.15) is 6.10 Å². The predicted octanol–water partition coefficient (Wildman–Crippen LogP) is 3.09. The summed E-state index contributed by atoms with van der Waals surface area (Å²) in [7, 11) is 0. The molecule has 4 atom stereocenters. The Bertz CT molecular complexity index is 303. The molecular formula is C18H36O4. The maximum atomic E-state index is 10.2. The van der Waals surface area contributed by atoms with Gasteiger partial charge in [-0.3, -0.25) is 0 Å². The summed E-state index contributed by atoms with van der Waals surface area (Å²) in [5.74, 6) is 0.667. The topological polar surface area (TPSA) is 69.9 Å². The molecule has 0 spiro atoms. The molecule has 0 amide bonds. The summed E-state index contributed by atoms with van der Waals surface area (Å²) in [6.07, 6.45) is 5.20. The van der Waals surface area contributed by atoms with E-state index in [4.69, 9.17) is 4.74 Å². The number of ether oxygens (including phenoxy) is 1. The third-order valence-corrected chi connectivity index (χ3v) is 5.11. The minimum absolute atomic E-state index is 0.0987. The summed E-state index contributed by atoms with van der Waals surface area (Å²) < 4.78 is 5.19. The van der Waals surface area contributed by atoms with Gasteiger partial charge in [-0.2, -0.15) is 0 Å². The van der Waals surface area contributed by atoms with Crippen molar-refractivity contribution in [2.75, 3.05) is 6.61 Å². The second-order valence-corrected chi connectivity index (χ2v) is 8.00. The van der Waals surface area contributed by atoms with Crippen LogP contribution in [-0.4, -0.2) is 40.4 Å². The molecule has 0 aromatic heterocycles. The van der Waals surface area contributed by atoms with Crippen LogP contribution in [0.5, 0.6) is 0 Å². The molecule has 4 unspecified atom stereocenters. The molecular weight excluding hydrogens is 280 g/mol. The highest BCUT2D eigenvalue weighted by Gasteiger charge is 2.44. The van der Waals surface area contributed by atoms with E-state index in [1.807, 2.05) is 0 Å². The van der Waals surface area contributed by atoms with Crippen LogP contribution in [0, 0.1) is 17.3 Å². The minimum atomic E-state index is -1.26. The van der Waals surface area contributed by atoms with Gasteiger partial charge in [-0.1, -0.05) is 66.2 Å². The number of aliphatic hydroxyl groups is 3. The van der Waals surface area contributed by atoms with Crippen LogP contribution in [0.25, 0.3) is 0 Å². The van der Waals surface area contributed by atoms with E-state index in [2.05, 4.69) is 27.7 Å². The Morgan fingerprint density at radius 1 is 0.955 bits per heavy atom. The fourth-order valence-corrected chi connectivity index (χ4v) is 3.34. The van der Waals surface area contributed by atoms with Crippen LogP contribution < -0.4 is 0 Å². The van der Waals surface area contributed by atoms with E-state index < -0.39 is 18.5 Å². The normalized spacial score (nSPS) is 30.0. The molecule has 0 aliphatic carbocycles. The lowest BCUT2D eigenvalue weighted by molar-refractivity contribution is -0.253. The van der Waals surface area contributed by atoms with Crippen molar-refractivity contribution >= 4 is 0 Å². The quantitative estimate of drug-likeness (QED) is 0.572. The van der Waals surface area contributed by atoms with Gasteiger partial charge in [0, 0.05) is 5.92 Å². The maximum absolute atomic E-state index is 10.2. The summed E-state index contributed by atoms with van der Waals surface area (Å²) >= 11 is 0. The second-order valence-electron chi connectivity index (χ2n) is 8.00. The number of aliphatic hydroxyl groups excluding tert-OH is 3. The first-order valence-corrected chi connectivity index (χ1v) is 8.91. The van der Waals surface area contributed by atoms with E-state index in [1.165, 1.54) is 32.1 Å². The monoisotopic (exact) mass is 316 g/mol. The van der Waals surface area contributed by atoms with Gasteiger partial charge in [-0.15, -0.1) is 0 Å². The van der Waals surface area contributed by atoms with Crippen LogP contribution in [0.4, 0.5) is 0 Å². The Balaban J connectivity index is 2.26. The van der Waals surface area contributed by atoms with Crippen molar-refractivity contribution in [2.45, 2.75) is 91.1 Å². The van der Waals surface area contributed by atoms with Crippen molar-refractivity contribution in [2.24, 2.45) is 17.3 Å². The SMILES string of the molecule is CC(C)CCCCCCCC(C)(C)C1COC(O)C(O)C1O. The third kappa shape index (κ3) is 6.15. The lowest BCUT2D eigenvalue weighted by Crippen LogP contribution is -2.54. The Labute approximate surface area is 135 Å². The van der Waals surface area contributed by atoms with Crippen molar-refractivity contribution in [3.8, 4) is 0 Å². The minimum Gasteiger partial charge on any atom is -0.390 e. The molecule has 1 fully saturated rings. The molecule has 1 aliphatic heterocycles. The zero-order valence-electron chi connectivity index (χ0n) is 14.8. The van der Waals surface area contributed by atoms with Gasteiger partial charge in [0.15, 0.2) is 6.29 Å². The van der Waals surface area contributed by atoms with Crippen molar-refractivity contribution in [1.82, 2.24) is 0 Å². The lowest BCUT2D eigenvalue weighted by Gasteiger charge is -2.43. The predicted molar refractivity (Wildman–Crippen MR) is 88.4 cm³/mol. The summed E-state index contributed by atoms with van der Waals surface area (Å²) in [6, 6.07) is 0. The number of unbranched alkanes of at least 4 members (excludes halogenated alkanes) is 4. The first-order chi connectivity index (χ1) is 10.3. The van der Waals surface area contributed by atoms with Crippen LogP contribution in [-0.2, 0) is 4.74 Å². The largest absolute Gasteiger partial charge is 0.390 e. The van der Waals surface area contributed by atoms with Crippen molar-refractivity contribution in [3.63, 3.8) is 0 Å². The average molecular weight is 316 g/mol. The second kappa shape index (κ2) is 9.21. The summed E-state index contributed by atoms with van der Waals surface area (Å²) in [6.45, 7) is 9.08. The first kappa shape index (κ1) is 19.9. The van der Waals surface area contributed by atoms with E-state index in [0.717, 1.165) is 18.8 Å². The standard InChI is InChI=1S/C18H36O4/c1-13(2)10-8-6-5-7-9-11-18(3,4)14-12-22-17(21)16(20)15(14)19/h13-17,19-21H,5-12H2,1-4H3. The number of rotatable bonds is 9. The van der Waals surface area contributed by atoms with Crippen LogP contribution >= 0.6 is 0 Å². The molecule has 0 radical (unpaired) electrons. The third-order valence-electron chi connectivity index (χ3n) is 5.11. The highest BCUT2D eigenvalue weighted by atomic mass is 16.6. The zero-order valence-corrected chi connectivity index (χ0v) is 14.8. The molecule has 1 saturated heterocycles. The van der Waals surface area contributed by atoms with E-state index in [1.54, 1.807) is 0 Å². The number of hydrogen-bond donors (Lipinski definition) is 3. The van der Waals surface area contributed by atoms with Gasteiger partial charge in [-0.25, -0.2) is 0 Å². The summed E-state index contributed by atoms with van der Waals surface area (Å²) in [5, 5.41) is 29.4. The van der Waals surface area contributed by atoms with Gasteiger partial charge in [0.25, 0.3) is 0 Å². The highest BCUT2D eigenvalue weighted by Crippen LogP contribution is 2.38. The smallest absolute Gasteiger partial charge is 0.183 e. The zero-order chi connectivity index (χ0) is 16.8.